The maximum Gasteiger partial charge on any atom is 0.383 e. The van der Waals surface area contributed by atoms with Crippen molar-refractivity contribution in [1.29, 1.82) is 0 Å². The van der Waals surface area contributed by atoms with E-state index in [1.807, 2.05) is 6.92 Å². The van der Waals surface area contributed by atoms with E-state index in [1.165, 1.54) is 18.2 Å². The highest BCUT2D eigenvalue weighted by atomic mass is 19.3. The highest BCUT2D eigenvalue weighted by molar-refractivity contribution is 5.25. The number of ether oxygens (including phenoxy) is 1. The lowest BCUT2D eigenvalue weighted by atomic mass is 10.1. The molecule has 0 heterocycles. The van der Waals surface area contributed by atoms with Crippen LogP contribution in [0.5, 0.6) is 0 Å². The van der Waals surface area contributed by atoms with Gasteiger partial charge in [-0.15, -0.1) is 0 Å². The predicted octanol–water partition coefficient (Wildman–Crippen LogP) is 5.23. The topological polar surface area (TPSA) is 9.23 Å². The van der Waals surface area contributed by atoms with Crippen LogP contribution < -0.4 is 0 Å². The molecule has 0 atom stereocenters. The fraction of sp³-hybridized carbons (Fsp3) is 0.333. The van der Waals surface area contributed by atoms with Crippen molar-refractivity contribution in [2.45, 2.75) is 32.3 Å². The van der Waals surface area contributed by atoms with E-state index in [9.17, 15) is 17.6 Å². The SMILES string of the molecule is CCCc1ccc(C(F)(F)OCCc2ccc(F)c(F)c2)cc1. The molecule has 0 aromatic heterocycles. The van der Waals surface area contributed by atoms with Crippen molar-refractivity contribution >= 4 is 0 Å². The van der Waals surface area contributed by atoms with Crippen LogP contribution in [0.1, 0.15) is 30.0 Å². The molecule has 0 fully saturated rings. The van der Waals surface area contributed by atoms with Crippen LogP contribution in [-0.2, 0) is 23.7 Å². The molecular formula is C18H18F4O. The zero-order valence-corrected chi connectivity index (χ0v) is 12.8. The molecule has 1 nitrogen and oxygen atoms in total. The Kier molecular flexibility index (Phi) is 5.77. The molecule has 0 aliphatic heterocycles. The second kappa shape index (κ2) is 7.59. The van der Waals surface area contributed by atoms with Gasteiger partial charge in [-0.2, -0.15) is 8.78 Å². The molecule has 0 unspecified atom stereocenters. The number of rotatable bonds is 7. The highest BCUT2D eigenvalue weighted by Gasteiger charge is 2.32. The van der Waals surface area contributed by atoms with Crippen LogP contribution in [0.25, 0.3) is 0 Å². The number of halogens is 4. The van der Waals surface area contributed by atoms with Gasteiger partial charge < -0.3 is 4.74 Å². The third-order valence-corrected chi connectivity index (χ3v) is 3.49. The maximum atomic E-state index is 14.0. The normalized spacial score (nSPS) is 11.7. The Bertz CT molecular complexity index is 638. The lowest BCUT2D eigenvalue weighted by Gasteiger charge is -2.17. The summed E-state index contributed by atoms with van der Waals surface area (Å²) in [4.78, 5) is 0. The van der Waals surface area contributed by atoms with Crippen LogP contribution in [0, 0.1) is 11.6 Å². The summed E-state index contributed by atoms with van der Waals surface area (Å²) in [6.07, 6.45) is -1.56. The Hall–Kier alpha value is -1.88. The van der Waals surface area contributed by atoms with Gasteiger partial charge in [-0.1, -0.05) is 43.7 Å². The second-order valence-electron chi connectivity index (χ2n) is 5.31. The fourth-order valence-electron chi connectivity index (χ4n) is 2.23. The Balaban J connectivity index is 1.93. The van der Waals surface area contributed by atoms with Crippen LogP contribution in [0.2, 0.25) is 0 Å². The van der Waals surface area contributed by atoms with Gasteiger partial charge in [-0.05, 0) is 36.1 Å². The highest BCUT2D eigenvalue weighted by Crippen LogP contribution is 2.29. The molecule has 0 aliphatic rings. The van der Waals surface area contributed by atoms with Gasteiger partial charge in [0.05, 0.1) is 12.2 Å². The summed E-state index contributed by atoms with van der Waals surface area (Å²) < 4.78 is 58.4. The van der Waals surface area contributed by atoms with Crippen LogP contribution in [0.4, 0.5) is 17.6 Å². The standard InChI is InChI=1S/C18H18F4O/c1-2-3-13-4-7-15(8-5-13)18(21,22)23-11-10-14-6-9-16(19)17(20)12-14/h4-9,12H,2-3,10-11H2,1H3. The largest absolute Gasteiger partial charge is 0.383 e. The van der Waals surface area contributed by atoms with Gasteiger partial charge in [-0.3, -0.25) is 0 Å². The minimum absolute atomic E-state index is 0.0701. The van der Waals surface area contributed by atoms with Crippen LogP contribution >= 0.6 is 0 Å². The summed E-state index contributed by atoms with van der Waals surface area (Å²) in [5, 5.41) is 0. The lowest BCUT2D eigenvalue weighted by molar-refractivity contribution is -0.248. The van der Waals surface area contributed by atoms with E-state index in [0.29, 0.717) is 5.56 Å². The number of benzene rings is 2. The Labute approximate surface area is 132 Å². The average molecular weight is 326 g/mol. The minimum Gasteiger partial charge on any atom is -0.316 e. The van der Waals surface area contributed by atoms with E-state index < -0.39 is 17.7 Å². The van der Waals surface area contributed by atoms with Gasteiger partial charge >= 0.3 is 6.11 Å². The number of hydrogen-bond acceptors (Lipinski definition) is 1. The van der Waals surface area contributed by atoms with Crippen molar-refractivity contribution in [2.24, 2.45) is 0 Å². The first-order valence-corrected chi connectivity index (χ1v) is 7.47. The Morgan fingerprint density at radius 2 is 1.52 bits per heavy atom. The molecule has 0 saturated carbocycles. The van der Waals surface area contributed by atoms with Crippen molar-refractivity contribution in [3.05, 3.63) is 70.8 Å². The Morgan fingerprint density at radius 1 is 0.870 bits per heavy atom. The minimum atomic E-state index is -3.41. The van der Waals surface area contributed by atoms with E-state index in [0.717, 1.165) is 30.5 Å². The van der Waals surface area contributed by atoms with E-state index in [4.69, 9.17) is 0 Å². The first-order chi connectivity index (χ1) is 10.9. The smallest absolute Gasteiger partial charge is 0.316 e. The molecule has 0 aliphatic carbocycles. The van der Waals surface area contributed by atoms with Crippen molar-refractivity contribution in [3.63, 3.8) is 0 Å². The zero-order chi connectivity index (χ0) is 16.9. The van der Waals surface area contributed by atoms with Crippen LogP contribution in [0.3, 0.4) is 0 Å². The van der Waals surface area contributed by atoms with Crippen molar-refractivity contribution < 1.29 is 22.3 Å². The van der Waals surface area contributed by atoms with Gasteiger partial charge in [0.2, 0.25) is 0 Å². The molecule has 2 aromatic carbocycles. The average Bonchev–Trinajstić information content (AvgIpc) is 2.51. The van der Waals surface area contributed by atoms with Gasteiger partial charge in [-0.25, -0.2) is 8.78 Å². The quantitative estimate of drug-likeness (QED) is 0.633. The third-order valence-electron chi connectivity index (χ3n) is 3.49. The van der Waals surface area contributed by atoms with Gasteiger partial charge in [0, 0.05) is 0 Å². The molecular weight excluding hydrogens is 308 g/mol. The monoisotopic (exact) mass is 326 g/mol. The number of aryl methyl sites for hydroxylation is 1. The fourth-order valence-corrected chi connectivity index (χ4v) is 2.23. The maximum absolute atomic E-state index is 14.0. The third kappa shape index (κ3) is 4.79. The molecule has 5 heteroatoms. The van der Waals surface area contributed by atoms with E-state index in [1.54, 1.807) is 12.1 Å². The molecule has 0 radical (unpaired) electrons. The molecule has 0 bridgehead atoms. The van der Waals surface area contributed by atoms with E-state index in [-0.39, 0.29) is 18.6 Å². The van der Waals surface area contributed by atoms with Crippen LogP contribution in [0.15, 0.2) is 42.5 Å². The molecule has 0 spiro atoms. The second-order valence-corrected chi connectivity index (χ2v) is 5.31. The predicted molar refractivity (Wildman–Crippen MR) is 80.3 cm³/mol. The molecule has 23 heavy (non-hydrogen) atoms. The summed E-state index contributed by atoms with van der Waals surface area (Å²) in [5.41, 5.74) is 1.18. The van der Waals surface area contributed by atoms with Crippen molar-refractivity contribution in [1.82, 2.24) is 0 Å². The summed E-state index contributed by atoms with van der Waals surface area (Å²) >= 11 is 0. The molecule has 2 rings (SSSR count). The van der Waals surface area contributed by atoms with Crippen LogP contribution in [-0.4, -0.2) is 6.61 Å². The molecule has 0 N–H and O–H groups in total. The molecule has 0 saturated heterocycles. The van der Waals surface area contributed by atoms with Gasteiger partial charge in [0.1, 0.15) is 0 Å². The van der Waals surface area contributed by atoms with E-state index >= 15 is 0 Å². The number of hydrogen-bond donors (Lipinski definition) is 0. The summed E-state index contributed by atoms with van der Waals surface area (Å²) in [5.74, 6) is -1.96. The van der Waals surface area contributed by atoms with Gasteiger partial charge in [0.25, 0.3) is 0 Å². The molecule has 0 amide bonds. The summed E-state index contributed by atoms with van der Waals surface area (Å²) in [6, 6.07) is 9.31. The van der Waals surface area contributed by atoms with E-state index in [2.05, 4.69) is 4.74 Å². The van der Waals surface area contributed by atoms with Gasteiger partial charge in [0.15, 0.2) is 11.6 Å². The first kappa shape index (κ1) is 17.5. The summed E-state index contributed by atoms with van der Waals surface area (Å²) in [6.45, 7) is 1.72. The lowest BCUT2D eigenvalue weighted by Crippen LogP contribution is -2.19. The van der Waals surface area contributed by atoms with Crippen molar-refractivity contribution in [3.8, 4) is 0 Å². The van der Waals surface area contributed by atoms with Crippen molar-refractivity contribution in [2.75, 3.05) is 6.61 Å². The molecule has 124 valence electrons. The molecule has 2 aromatic rings. The first-order valence-electron chi connectivity index (χ1n) is 7.47. The zero-order valence-electron chi connectivity index (χ0n) is 12.8. The summed E-state index contributed by atoms with van der Waals surface area (Å²) in [7, 11) is 0. The number of alkyl halides is 2. The Morgan fingerprint density at radius 3 is 2.13 bits per heavy atom.